The first-order chi connectivity index (χ1) is 8.27. The summed E-state index contributed by atoms with van der Waals surface area (Å²) in [7, 11) is 4.01. The van der Waals surface area contributed by atoms with Gasteiger partial charge in [-0.25, -0.2) is 0 Å². The van der Waals surface area contributed by atoms with E-state index in [4.69, 9.17) is 0 Å². The van der Waals surface area contributed by atoms with Gasteiger partial charge >= 0.3 is 0 Å². The Hall–Kier alpha value is -0.160. The van der Waals surface area contributed by atoms with Gasteiger partial charge in [0.05, 0.1) is 0 Å². The maximum absolute atomic E-state index is 11.4. The van der Waals surface area contributed by atoms with Gasteiger partial charge in [0.15, 0.2) is 0 Å². The number of amides is 2. The highest BCUT2D eigenvalue weighted by atomic mass is 33.1. The third-order valence-electron chi connectivity index (χ3n) is 3.29. The van der Waals surface area contributed by atoms with E-state index < -0.39 is 0 Å². The second-order valence-corrected chi connectivity index (χ2v) is 7.40. The van der Waals surface area contributed by atoms with E-state index in [1.807, 2.05) is 21.6 Å². The molecule has 0 aromatic rings. The number of hydrogen-bond acceptors (Lipinski definition) is 4. The summed E-state index contributed by atoms with van der Waals surface area (Å²) in [5.41, 5.74) is 0. The fraction of sp³-hybridized carbons (Fsp3) is 0.833. The van der Waals surface area contributed by atoms with E-state index in [9.17, 15) is 9.59 Å². The zero-order chi connectivity index (χ0) is 12.1. The number of hydrogen-bond donors (Lipinski definition) is 0. The SMILES string of the molecule is O=C1CCC(=O)N1CCCCC[C@@H]1CCSS1. The minimum atomic E-state index is 0.0257. The number of rotatable bonds is 6. The van der Waals surface area contributed by atoms with Crippen LogP contribution in [0.2, 0.25) is 0 Å². The van der Waals surface area contributed by atoms with Gasteiger partial charge in [-0.3, -0.25) is 14.5 Å². The molecule has 2 heterocycles. The Morgan fingerprint density at radius 1 is 1.12 bits per heavy atom. The molecule has 0 unspecified atom stereocenters. The minimum absolute atomic E-state index is 0.0257. The van der Waals surface area contributed by atoms with Crippen molar-refractivity contribution in [1.29, 1.82) is 0 Å². The van der Waals surface area contributed by atoms with Crippen molar-refractivity contribution < 1.29 is 9.59 Å². The minimum Gasteiger partial charge on any atom is -0.283 e. The molecule has 0 aromatic carbocycles. The Morgan fingerprint density at radius 3 is 2.53 bits per heavy atom. The van der Waals surface area contributed by atoms with E-state index in [1.54, 1.807) is 0 Å². The van der Waals surface area contributed by atoms with Gasteiger partial charge in [-0.1, -0.05) is 34.4 Å². The monoisotopic (exact) mass is 273 g/mol. The third-order valence-corrected chi connectivity index (χ3v) is 6.30. The molecule has 17 heavy (non-hydrogen) atoms. The number of unbranched alkanes of at least 4 members (excludes halogenated alkanes) is 2. The van der Waals surface area contributed by atoms with Crippen LogP contribution in [0.3, 0.4) is 0 Å². The van der Waals surface area contributed by atoms with Crippen LogP contribution in [0.1, 0.15) is 44.9 Å². The Kier molecular flexibility index (Phi) is 5.22. The van der Waals surface area contributed by atoms with Crippen molar-refractivity contribution in [3.8, 4) is 0 Å². The average molecular weight is 273 g/mol. The van der Waals surface area contributed by atoms with Crippen molar-refractivity contribution in [3.63, 3.8) is 0 Å². The summed E-state index contributed by atoms with van der Waals surface area (Å²) in [5.74, 6) is 1.35. The molecular formula is C12H19NO2S2. The van der Waals surface area contributed by atoms with E-state index in [1.165, 1.54) is 29.9 Å². The van der Waals surface area contributed by atoms with Gasteiger partial charge in [0.2, 0.25) is 11.8 Å². The molecule has 2 amide bonds. The number of nitrogens with zero attached hydrogens (tertiary/aromatic N) is 1. The quantitative estimate of drug-likeness (QED) is 0.424. The van der Waals surface area contributed by atoms with Crippen molar-refractivity contribution in [3.05, 3.63) is 0 Å². The highest BCUT2D eigenvalue weighted by molar-refractivity contribution is 8.77. The average Bonchev–Trinajstić information content (AvgIpc) is 2.92. The lowest BCUT2D eigenvalue weighted by molar-refractivity contribution is -0.138. The molecule has 0 aromatic heterocycles. The first kappa shape index (κ1) is 13.3. The van der Waals surface area contributed by atoms with Gasteiger partial charge in [-0.2, -0.15) is 0 Å². The van der Waals surface area contributed by atoms with Gasteiger partial charge in [-0.15, -0.1) is 0 Å². The van der Waals surface area contributed by atoms with Crippen LogP contribution in [-0.4, -0.2) is 34.3 Å². The van der Waals surface area contributed by atoms with Crippen LogP contribution in [0.15, 0.2) is 0 Å². The largest absolute Gasteiger partial charge is 0.283 e. The van der Waals surface area contributed by atoms with E-state index in [2.05, 4.69) is 0 Å². The van der Waals surface area contributed by atoms with Crippen molar-refractivity contribution in [1.82, 2.24) is 4.90 Å². The van der Waals surface area contributed by atoms with Gasteiger partial charge < -0.3 is 0 Å². The van der Waals surface area contributed by atoms with Crippen LogP contribution in [-0.2, 0) is 9.59 Å². The molecule has 2 rings (SSSR count). The van der Waals surface area contributed by atoms with E-state index in [0.717, 1.165) is 18.1 Å². The van der Waals surface area contributed by atoms with Crippen molar-refractivity contribution >= 4 is 33.4 Å². The Morgan fingerprint density at radius 2 is 1.88 bits per heavy atom. The molecule has 96 valence electrons. The number of carbonyl (C=O) groups excluding carboxylic acids is 2. The third kappa shape index (κ3) is 3.91. The summed E-state index contributed by atoms with van der Waals surface area (Å²) in [6.07, 6.45) is 6.83. The van der Waals surface area contributed by atoms with E-state index in [-0.39, 0.29) is 11.8 Å². The Bertz CT molecular complexity index is 274. The predicted molar refractivity (Wildman–Crippen MR) is 72.9 cm³/mol. The molecule has 0 spiro atoms. The maximum Gasteiger partial charge on any atom is 0.229 e. The Balaban J connectivity index is 1.53. The Labute approximate surface area is 110 Å². The molecule has 0 radical (unpaired) electrons. The van der Waals surface area contributed by atoms with Gasteiger partial charge in [0.1, 0.15) is 0 Å². The highest BCUT2D eigenvalue weighted by Gasteiger charge is 2.27. The zero-order valence-electron chi connectivity index (χ0n) is 10.0. The molecule has 3 nitrogen and oxygen atoms in total. The predicted octanol–water partition coefficient (Wildman–Crippen LogP) is 2.85. The zero-order valence-corrected chi connectivity index (χ0v) is 11.7. The molecule has 2 fully saturated rings. The molecule has 2 aliphatic rings. The lowest BCUT2D eigenvalue weighted by atomic mass is 10.1. The molecule has 0 bridgehead atoms. The van der Waals surface area contributed by atoms with Crippen LogP contribution in [0.4, 0.5) is 0 Å². The highest BCUT2D eigenvalue weighted by Crippen LogP contribution is 2.39. The smallest absolute Gasteiger partial charge is 0.229 e. The second kappa shape index (κ2) is 6.69. The maximum atomic E-state index is 11.4. The second-order valence-electron chi connectivity index (χ2n) is 4.62. The van der Waals surface area contributed by atoms with Gasteiger partial charge in [0, 0.05) is 30.4 Å². The molecule has 0 aliphatic carbocycles. The first-order valence-electron chi connectivity index (χ1n) is 6.39. The number of imide groups is 1. The molecular weight excluding hydrogens is 254 g/mol. The van der Waals surface area contributed by atoms with Gasteiger partial charge in [-0.05, 0) is 19.3 Å². The summed E-state index contributed by atoms with van der Waals surface area (Å²) >= 11 is 0. The molecule has 1 atom stereocenters. The summed E-state index contributed by atoms with van der Waals surface area (Å²) in [6, 6.07) is 0. The van der Waals surface area contributed by atoms with Crippen molar-refractivity contribution in [2.75, 3.05) is 12.3 Å². The molecule has 2 saturated heterocycles. The summed E-state index contributed by atoms with van der Waals surface area (Å²) in [6.45, 7) is 0.643. The van der Waals surface area contributed by atoms with Crippen LogP contribution in [0, 0.1) is 0 Å². The normalized spacial score (nSPS) is 24.9. The summed E-state index contributed by atoms with van der Waals surface area (Å²) in [5, 5.41) is 0.843. The van der Waals surface area contributed by atoms with Crippen LogP contribution >= 0.6 is 21.6 Å². The summed E-state index contributed by atoms with van der Waals surface area (Å²) in [4.78, 5) is 24.2. The van der Waals surface area contributed by atoms with Crippen molar-refractivity contribution in [2.24, 2.45) is 0 Å². The topological polar surface area (TPSA) is 37.4 Å². The molecule has 0 N–H and O–H groups in total. The van der Waals surface area contributed by atoms with E-state index in [0.29, 0.717) is 19.4 Å². The molecule has 5 heteroatoms. The molecule has 0 saturated carbocycles. The van der Waals surface area contributed by atoms with Crippen LogP contribution in [0.5, 0.6) is 0 Å². The van der Waals surface area contributed by atoms with Crippen LogP contribution in [0.25, 0.3) is 0 Å². The lowest BCUT2D eigenvalue weighted by Crippen LogP contribution is -2.29. The fourth-order valence-corrected chi connectivity index (χ4v) is 5.28. The first-order valence-corrected chi connectivity index (χ1v) is 8.77. The van der Waals surface area contributed by atoms with Gasteiger partial charge in [0.25, 0.3) is 0 Å². The lowest BCUT2D eigenvalue weighted by Gasteiger charge is -2.13. The number of carbonyl (C=O) groups is 2. The summed E-state index contributed by atoms with van der Waals surface area (Å²) < 4.78 is 0. The van der Waals surface area contributed by atoms with Crippen LogP contribution < -0.4 is 0 Å². The molecule has 2 aliphatic heterocycles. The number of likely N-dealkylation sites (tertiary alicyclic amines) is 1. The van der Waals surface area contributed by atoms with E-state index >= 15 is 0 Å². The fourth-order valence-electron chi connectivity index (χ4n) is 2.26. The standard InChI is InChI=1S/C12H19NO2S2/c14-11-5-6-12(15)13(11)8-3-1-2-4-10-7-9-16-17-10/h10H,1-9H2/t10-/m1/s1. The van der Waals surface area contributed by atoms with Crippen molar-refractivity contribution in [2.45, 2.75) is 50.2 Å².